The molecule has 1 aliphatic carbocycles. The SMILES string of the molecule is OC1CCCC1N1CCN(CCCc2ccccc2)CC1. The van der Waals surface area contributed by atoms with Crippen LogP contribution in [0.4, 0.5) is 0 Å². The van der Waals surface area contributed by atoms with Crippen molar-refractivity contribution in [2.24, 2.45) is 0 Å². The largest absolute Gasteiger partial charge is 0.391 e. The lowest BCUT2D eigenvalue weighted by Crippen LogP contribution is -2.52. The van der Waals surface area contributed by atoms with Crippen LogP contribution in [0.15, 0.2) is 30.3 Å². The maximum atomic E-state index is 10.0. The number of hydrogen-bond acceptors (Lipinski definition) is 3. The standard InChI is InChI=1S/C18H28N2O/c21-18-10-4-9-17(18)20-14-12-19(13-15-20)11-5-8-16-6-2-1-3-7-16/h1-3,6-7,17-18,21H,4-5,8-15H2. The summed E-state index contributed by atoms with van der Waals surface area (Å²) in [6, 6.07) is 11.2. The van der Waals surface area contributed by atoms with Gasteiger partial charge in [0.25, 0.3) is 0 Å². The van der Waals surface area contributed by atoms with Crippen LogP contribution in [-0.2, 0) is 6.42 Å². The number of benzene rings is 1. The van der Waals surface area contributed by atoms with Gasteiger partial charge in [0, 0.05) is 32.2 Å². The third-order valence-electron chi connectivity index (χ3n) is 5.10. The topological polar surface area (TPSA) is 26.7 Å². The van der Waals surface area contributed by atoms with Gasteiger partial charge >= 0.3 is 0 Å². The summed E-state index contributed by atoms with van der Waals surface area (Å²) in [5.74, 6) is 0. The second-order valence-electron chi connectivity index (χ2n) is 6.53. The highest BCUT2D eigenvalue weighted by Gasteiger charge is 2.32. The predicted octanol–water partition coefficient (Wildman–Crippen LogP) is 2.15. The van der Waals surface area contributed by atoms with Gasteiger partial charge in [0.2, 0.25) is 0 Å². The summed E-state index contributed by atoms with van der Waals surface area (Å²) in [5.41, 5.74) is 1.45. The maximum absolute atomic E-state index is 10.0. The van der Waals surface area contributed by atoms with Gasteiger partial charge in [0.05, 0.1) is 6.10 Å². The first-order chi connectivity index (χ1) is 10.3. The number of aryl methyl sites for hydroxylation is 1. The Balaban J connectivity index is 1.36. The van der Waals surface area contributed by atoms with Gasteiger partial charge in [-0.2, -0.15) is 0 Å². The van der Waals surface area contributed by atoms with Crippen molar-refractivity contribution in [2.45, 2.75) is 44.2 Å². The molecule has 2 atom stereocenters. The zero-order valence-corrected chi connectivity index (χ0v) is 13.0. The molecule has 1 heterocycles. The lowest BCUT2D eigenvalue weighted by atomic mass is 10.1. The average Bonchev–Trinajstić information content (AvgIpc) is 2.95. The van der Waals surface area contributed by atoms with Gasteiger partial charge in [0.15, 0.2) is 0 Å². The summed E-state index contributed by atoms with van der Waals surface area (Å²) in [6.45, 7) is 5.80. The van der Waals surface area contributed by atoms with E-state index in [0.29, 0.717) is 6.04 Å². The molecule has 1 aromatic carbocycles. The second-order valence-corrected chi connectivity index (χ2v) is 6.53. The lowest BCUT2D eigenvalue weighted by molar-refractivity contribution is 0.0353. The van der Waals surface area contributed by atoms with Crippen LogP contribution in [0.3, 0.4) is 0 Å². The Bertz CT molecular complexity index is 414. The predicted molar refractivity (Wildman–Crippen MR) is 86.4 cm³/mol. The number of aliphatic hydroxyl groups excluding tert-OH is 1. The van der Waals surface area contributed by atoms with Gasteiger partial charge in [0.1, 0.15) is 0 Å². The summed E-state index contributed by atoms with van der Waals surface area (Å²) < 4.78 is 0. The molecule has 0 aromatic heterocycles. The van der Waals surface area contributed by atoms with Gasteiger partial charge in [-0.15, -0.1) is 0 Å². The molecule has 1 aliphatic heterocycles. The van der Waals surface area contributed by atoms with E-state index in [1.54, 1.807) is 0 Å². The highest BCUT2D eigenvalue weighted by Crippen LogP contribution is 2.25. The van der Waals surface area contributed by atoms with Gasteiger partial charge in [-0.25, -0.2) is 0 Å². The highest BCUT2D eigenvalue weighted by atomic mass is 16.3. The number of nitrogens with zero attached hydrogens (tertiary/aromatic N) is 2. The van der Waals surface area contributed by atoms with Gasteiger partial charge in [-0.1, -0.05) is 30.3 Å². The first-order valence-electron chi connectivity index (χ1n) is 8.51. The maximum Gasteiger partial charge on any atom is 0.0695 e. The molecule has 3 nitrogen and oxygen atoms in total. The van der Waals surface area contributed by atoms with E-state index >= 15 is 0 Å². The summed E-state index contributed by atoms with van der Waals surface area (Å²) in [6.07, 6.45) is 5.74. The summed E-state index contributed by atoms with van der Waals surface area (Å²) in [5, 5.41) is 10.0. The molecule has 1 saturated carbocycles. The van der Waals surface area contributed by atoms with E-state index < -0.39 is 0 Å². The Morgan fingerprint density at radius 3 is 2.43 bits per heavy atom. The molecule has 0 amide bonds. The Hall–Kier alpha value is -0.900. The van der Waals surface area contributed by atoms with Crippen LogP contribution in [0, 0.1) is 0 Å². The van der Waals surface area contributed by atoms with Gasteiger partial charge in [-0.05, 0) is 44.2 Å². The molecule has 3 rings (SSSR count). The first-order valence-corrected chi connectivity index (χ1v) is 8.51. The minimum absolute atomic E-state index is 0.0744. The summed E-state index contributed by atoms with van der Waals surface area (Å²) in [4.78, 5) is 5.10. The van der Waals surface area contributed by atoms with Crippen molar-refractivity contribution in [3.05, 3.63) is 35.9 Å². The summed E-state index contributed by atoms with van der Waals surface area (Å²) in [7, 11) is 0. The van der Waals surface area contributed by atoms with Crippen LogP contribution >= 0.6 is 0 Å². The molecule has 0 radical (unpaired) electrons. The van der Waals surface area contributed by atoms with Crippen molar-refractivity contribution in [1.29, 1.82) is 0 Å². The molecular formula is C18H28N2O. The van der Waals surface area contributed by atoms with Crippen LogP contribution in [0.1, 0.15) is 31.2 Å². The second kappa shape index (κ2) is 7.39. The molecule has 1 N–H and O–H groups in total. The van der Waals surface area contributed by atoms with Crippen molar-refractivity contribution in [1.82, 2.24) is 9.80 Å². The first kappa shape index (κ1) is 15.0. The van der Waals surface area contributed by atoms with Crippen LogP contribution in [-0.4, -0.2) is 59.8 Å². The fourth-order valence-corrected chi connectivity index (χ4v) is 3.82. The van der Waals surface area contributed by atoms with Crippen LogP contribution < -0.4 is 0 Å². The van der Waals surface area contributed by atoms with E-state index in [4.69, 9.17) is 0 Å². The van der Waals surface area contributed by atoms with Crippen molar-refractivity contribution in [3.63, 3.8) is 0 Å². The molecule has 1 aromatic rings. The summed E-state index contributed by atoms with van der Waals surface area (Å²) >= 11 is 0. The average molecular weight is 288 g/mol. The van der Waals surface area contributed by atoms with E-state index in [1.165, 1.54) is 37.8 Å². The Labute approximate surface area is 128 Å². The fourth-order valence-electron chi connectivity index (χ4n) is 3.82. The number of piperazine rings is 1. The molecule has 21 heavy (non-hydrogen) atoms. The van der Waals surface area contributed by atoms with E-state index in [0.717, 1.165) is 32.6 Å². The monoisotopic (exact) mass is 288 g/mol. The smallest absolute Gasteiger partial charge is 0.0695 e. The Morgan fingerprint density at radius 2 is 1.76 bits per heavy atom. The molecule has 0 bridgehead atoms. The van der Waals surface area contributed by atoms with E-state index in [-0.39, 0.29) is 6.10 Å². The van der Waals surface area contributed by atoms with Crippen LogP contribution in [0.2, 0.25) is 0 Å². The number of aliphatic hydroxyl groups is 1. The zero-order valence-electron chi connectivity index (χ0n) is 13.0. The lowest BCUT2D eigenvalue weighted by Gasteiger charge is -2.39. The number of rotatable bonds is 5. The van der Waals surface area contributed by atoms with Crippen LogP contribution in [0.5, 0.6) is 0 Å². The minimum atomic E-state index is -0.0744. The molecule has 0 spiro atoms. The number of hydrogen-bond donors (Lipinski definition) is 1. The fraction of sp³-hybridized carbons (Fsp3) is 0.667. The van der Waals surface area contributed by atoms with E-state index in [9.17, 15) is 5.11 Å². The Morgan fingerprint density at radius 1 is 1.00 bits per heavy atom. The molecule has 2 fully saturated rings. The van der Waals surface area contributed by atoms with Crippen molar-refractivity contribution < 1.29 is 5.11 Å². The molecule has 116 valence electrons. The highest BCUT2D eigenvalue weighted by molar-refractivity contribution is 5.14. The minimum Gasteiger partial charge on any atom is -0.391 e. The van der Waals surface area contributed by atoms with E-state index in [1.807, 2.05) is 0 Å². The van der Waals surface area contributed by atoms with Crippen LogP contribution in [0.25, 0.3) is 0 Å². The van der Waals surface area contributed by atoms with Crippen molar-refractivity contribution >= 4 is 0 Å². The zero-order chi connectivity index (χ0) is 14.5. The van der Waals surface area contributed by atoms with Gasteiger partial charge in [-0.3, -0.25) is 4.90 Å². The normalized spacial score (nSPS) is 28.0. The molecule has 2 aliphatic rings. The quantitative estimate of drug-likeness (QED) is 0.899. The molecule has 3 heteroatoms. The van der Waals surface area contributed by atoms with Crippen molar-refractivity contribution in [2.75, 3.05) is 32.7 Å². The van der Waals surface area contributed by atoms with Gasteiger partial charge < -0.3 is 10.0 Å². The third kappa shape index (κ3) is 4.06. The molecule has 1 saturated heterocycles. The van der Waals surface area contributed by atoms with E-state index in [2.05, 4.69) is 40.1 Å². The van der Waals surface area contributed by atoms with Crippen molar-refractivity contribution in [3.8, 4) is 0 Å². The third-order valence-corrected chi connectivity index (χ3v) is 5.10. The Kier molecular flexibility index (Phi) is 5.28. The molecule has 2 unspecified atom stereocenters. The molecular weight excluding hydrogens is 260 g/mol.